The van der Waals surface area contributed by atoms with Crippen LogP contribution in [-0.2, 0) is 11.3 Å². The summed E-state index contributed by atoms with van der Waals surface area (Å²) < 4.78 is 5.22. The van der Waals surface area contributed by atoms with Crippen LogP contribution < -0.4 is 10.1 Å². The minimum absolute atomic E-state index is 0.123. The van der Waals surface area contributed by atoms with E-state index in [-0.39, 0.29) is 5.41 Å². The van der Waals surface area contributed by atoms with Crippen LogP contribution >= 0.6 is 0 Å². The molecule has 2 saturated heterocycles. The van der Waals surface area contributed by atoms with E-state index in [1.165, 1.54) is 0 Å². The van der Waals surface area contributed by atoms with Crippen LogP contribution in [0.15, 0.2) is 30.5 Å². The molecule has 1 atom stereocenters. The van der Waals surface area contributed by atoms with E-state index in [0.29, 0.717) is 6.54 Å². The van der Waals surface area contributed by atoms with Gasteiger partial charge in [0.05, 0.1) is 19.0 Å². The summed E-state index contributed by atoms with van der Waals surface area (Å²) in [5.74, 6) is 0.0815. The Balaban J connectivity index is 1.56. The Hall–Kier alpha value is -2.38. The maximum Gasteiger partial charge on any atom is 0.320 e. The third kappa shape index (κ3) is 3.57. The smallest absolute Gasteiger partial charge is 0.320 e. The molecule has 2 aromatic rings. The van der Waals surface area contributed by atoms with Gasteiger partial charge in [-0.1, -0.05) is 0 Å². The SMILES string of the molecule is COc1ccc(-c2[nH]ncc2CN2CC3(CCNCC3)C[C@@H]2C(=O)O)cc1. The zero-order valence-corrected chi connectivity index (χ0v) is 15.6. The number of likely N-dealkylation sites (tertiary alicyclic amines) is 1. The molecule has 1 spiro atoms. The Morgan fingerprint density at radius 3 is 2.74 bits per heavy atom. The highest BCUT2D eigenvalue weighted by Crippen LogP contribution is 2.43. The maximum absolute atomic E-state index is 11.9. The Kier molecular flexibility index (Phi) is 4.88. The van der Waals surface area contributed by atoms with Gasteiger partial charge in [0.1, 0.15) is 11.8 Å². The largest absolute Gasteiger partial charge is 0.497 e. The van der Waals surface area contributed by atoms with Crippen LogP contribution in [0.5, 0.6) is 5.75 Å². The van der Waals surface area contributed by atoms with E-state index in [2.05, 4.69) is 20.4 Å². The molecular weight excluding hydrogens is 344 g/mol. The fourth-order valence-electron chi connectivity index (χ4n) is 4.53. The highest BCUT2D eigenvalue weighted by Gasteiger charge is 2.47. The van der Waals surface area contributed by atoms with Crippen molar-refractivity contribution in [1.29, 1.82) is 0 Å². The Morgan fingerprint density at radius 1 is 1.33 bits per heavy atom. The number of benzene rings is 1. The number of aromatic amines is 1. The van der Waals surface area contributed by atoms with Crippen molar-refractivity contribution in [3.8, 4) is 17.0 Å². The van der Waals surface area contributed by atoms with Crippen LogP contribution in [0.1, 0.15) is 24.8 Å². The van der Waals surface area contributed by atoms with Gasteiger partial charge in [-0.2, -0.15) is 5.10 Å². The molecule has 7 heteroatoms. The minimum Gasteiger partial charge on any atom is -0.497 e. The van der Waals surface area contributed by atoms with Crippen LogP contribution in [0.3, 0.4) is 0 Å². The number of piperidine rings is 1. The second-order valence-electron chi connectivity index (χ2n) is 7.71. The molecule has 2 fully saturated rings. The second kappa shape index (κ2) is 7.32. The monoisotopic (exact) mass is 370 g/mol. The summed E-state index contributed by atoms with van der Waals surface area (Å²) >= 11 is 0. The standard InChI is InChI=1S/C20H26N4O3/c1-27-16-4-2-14(3-5-16)18-15(11-22-23-18)12-24-13-20(6-8-21-9-7-20)10-17(24)19(25)26/h2-5,11,17,21H,6-10,12-13H2,1H3,(H,22,23)(H,25,26)/t17-/m1/s1. The number of carbonyl (C=O) groups is 1. The molecule has 0 radical (unpaired) electrons. The first-order chi connectivity index (χ1) is 13.1. The van der Waals surface area contributed by atoms with Crippen molar-refractivity contribution in [3.63, 3.8) is 0 Å². The molecule has 2 aliphatic rings. The first kappa shape index (κ1) is 18.0. The van der Waals surface area contributed by atoms with E-state index in [1.807, 2.05) is 30.5 Å². The summed E-state index contributed by atoms with van der Waals surface area (Å²) in [7, 11) is 1.65. The Bertz CT molecular complexity index is 796. The number of nitrogens with one attached hydrogen (secondary N) is 2. The number of ether oxygens (including phenoxy) is 1. The van der Waals surface area contributed by atoms with Crippen molar-refractivity contribution >= 4 is 5.97 Å². The number of nitrogens with zero attached hydrogens (tertiary/aromatic N) is 2. The molecule has 2 aliphatic heterocycles. The van der Waals surface area contributed by atoms with Crippen LogP contribution in [0.25, 0.3) is 11.3 Å². The van der Waals surface area contributed by atoms with Crippen molar-refractivity contribution in [2.24, 2.45) is 5.41 Å². The van der Waals surface area contributed by atoms with Crippen molar-refractivity contribution in [3.05, 3.63) is 36.0 Å². The average molecular weight is 370 g/mol. The Labute approximate surface area is 158 Å². The number of hydrogen-bond acceptors (Lipinski definition) is 5. The molecule has 0 amide bonds. The summed E-state index contributed by atoms with van der Waals surface area (Å²) in [5.41, 5.74) is 3.11. The average Bonchev–Trinajstić information content (AvgIpc) is 3.28. The molecule has 7 nitrogen and oxygen atoms in total. The van der Waals surface area contributed by atoms with Crippen LogP contribution in [0, 0.1) is 5.41 Å². The van der Waals surface area contributed by atoms with Crippen LogP contribution in [0.2, 0.25) is 0 Å². The molecule has 0 unspecified atom stereocenters. The topological polar surface area (TPSA) is 90.5 Å². The lowest BCUT2D eigenvalue weighted by atomic mass is 9.77. The van der Waals surface area contributed by atoms with E-state index >= 15 is 0 Å². The van der Waals surface area contributed by atoms with Gasteiger partial charge in [-0.25, -0.2) is 0 Å². The summed E-state index contributed by atoms with van der Waals surface area (Å²) in [6.45, 7) is 3.37. The zero-order valence-electron chi connectivity index (χ0n) is 15.6. The van der Waals surface area contributed by atoms with Crippen LogP contribution in [-0.4, -0.2) is 59.0 Å². The van der Waals surface area contributed by atoms with Gasteiger partial charge >= 0.3 is 5.97 Å². The van der Waals surface area contributed by atoms with Gasteiger partial charge in [-0.05, 0) is 62.0 Å². The molecular formula is C20H26N4O3. The number of aliphatic carboxylic acids is 1. The van der Waals surface area contributed by atoms with E-state index in [9.17, 15) is 9.90 Å². The summed E-state index contributed by atoms with van der Waals surface area (Å²) in [6.07, 6.45) is 4.64. The fourth-order valence-corrected chi connectivity index (χ4v) is 4.53. The number of methoxy groups -OCH3 is 1. The van der Waals surface area contributed by atoms with Gasteiger partial charge in [0.15, 0.2) is 0 Å². The van der Waals surface area contributed by atoms with Gasteiger partial charge < -0.3 is 15.2 Å². The number of aromatic nitrogens is 2. The molecule has 144 valence electrons. The molecule has 0 aliphatic carbocycles. The van der Waals surface area contributed by atoms with Gasteiger partial charge in [-0.15, -0.1) is 0 Å². The number of carboxylic acid groups (broad SMARTS) is 1. The summed E-state index contributed by atoms with van der Waals surface area (Å²) in [6, 6.07) is 7.38. The lowest BCUT2D eigenvalue weighted by Gasteiger charge is -2.33. The number of carboxylic acids is 1. The lowest BCUT2D eigenvalue weighted by Crippen LogP contribution is -2.38. The number of rotatable bonds is 5. The van der Waals surface area contributed by atoms with E-state index in [0.717, 1.165) is 61.5 Å². The summed E-state index contributed by atoms with van der Waals surface area (Å²) in [4.78, 5) is 14.0. The third-order valence-electron chi connectivity index (χ3n) is 6.02. The minimum atomic E-state index is -0.722. The van der Waals surface area contributed by atoms with Gasteiger partial charge in [0, 0.05) is 24.2 Å². The molecule has 0 saturated carbocycles. The van der Waals surface area contributed by atoms with E-state index in [1.54, 1.807) is 7.11 Å². The third-order valence-corrected chi connectivity index (χ3v) is 6.02. The first-order valence-corrected chi connectivity index (χ1v) is 9.44. The Morgan fingerprint density at radius 2 is 2.07 bits per heavy atom. The van der Waals surface area contributed by atoms with Gasteiger partial charge in [0.25, 0.3) is 0 Å². The van der Waals surface area contributed by atoms with Gasteiger partial charge in [-0.3, -0.25) is 14.8 Å². The van der Waals surface area contributed by atoms with Crippen molar-refractivity contribution < 1.29 is 14.6 Å². The van der Waals surface area contributed by atoms with Crippen molar-refractivity contribution in [2.75, 3.05) is 26.7 Å². The predicted octanol–water partition coefficient (Wildman–Crippen LogP) is 2.11. The number of H-pyrrole nitrogens is 1. The molecule has 4 rings (SSSR count). The number of hydrogen-bond donors (Lipinski definition) is 3. The van der Waals surface area contributed by atoms with Crippen molar-refractivity contribution in [2.45, 2.75) is 31.8 Å². The first-order valence-electron chi connectivity index (χ1n) is 9.44. The molecule has 0 bridgehead atoms. The fraction of sp³-hybridized carbons (Fsp3) is 0.500. The lowest BCUT2D eigenvalue weighted by molar-refractivity contribution is -0.142. The van der Waals surface area contributed by atoms with E-state index in [4.69, 9.17) is 4.74 Å². The quantitative estimate of drug-likeness (QED) is 0.747. The molecule has 3 heterocycles. The van der Waals surface area contributed by atoms with Gasteiger partial charge in [0.2, 0.25) is 0 Å². The zero-order chi connectivity index (χ0) is 18.9. The van der Waals surface area contributed by atoms with E-state index < -0.39 is 12.0 Å². The molecule has 3 N–H and O–H groups in total. The van der Waals surface area contributed by atoms with Crippen molar-refractivity contribution in [1.82, 2.24) is 20.4 Å². The highest BCUT2D eigenvalue weighted by molar-refractivity contribution is 5.74. The molecule has 1 aromatic heterocycles. The second-order valence-corrected chi connectivity index (χ2v) is 7.71. The highest BCUT2D eigenvalue weighted by atomic mass is 16.5. The maximum atomic E-state index is 11.9. The molecule has 27 heavy (non-hydrogen) atoms. The predicted molar refractivity (Wildman–Crippen MR) is 102 cm³/mol. The normalized spacial score (nSPS) is 22.2. The molecule has 1 aromatic carbocycles. The summed E-state index contributed by atoms with van der Waals surface area (Å²) in [5, 5.41) is 20.5. The van der Waals surface area contributed by atoms with Crippen LogP contribution in [0.4, 0.5) is 0 Å².